The van der Waals surface area contributed by atoms with Gasteiger partial charge in [-0.3, -0.25) is 0 Å². The Hall–Kier alpha value is -2.24. The van der Waals surface area contributed by atoms with E-state index in [0.29, 0.717) is 0 Å². The van der Waals surface area contributed by atoms with Crippen molar-refractivity contribution in [1.82, 2.24) is 9.97 Å². The standard InChI is InChI=1S/C23H19Br2N3/c1-26-19-10-11-20-23(14-19)28-22(13-16-4-8-18(25)9-5-16)21(27-20)12-15-2-6-17(24)7-3-15/h2-11,14,26H,12-13H2,1H3. The maximum atomic E-state index is 4.99. The Bertz CT molecular complexity index is 1110. The van der Waals surface area contributed by atoms with Crippen LogP contribution in [0.5, 0.6) is 0 Å². The summed E-state index contributed by atoms with van der Waals surface area (Å²) in [6.45, 7) is 0. The average molecular weight is 497 g/mol. The molecule has 4 rings (SSSR count). The minimum absolute atomic E-state index is 0.756. The Morgan fingerprint density at radius 2 is 1.18 bits per heavy atom. The number of hydrogen-bond acceptors (Lipinski definition) is 3. The van der Waals surface area contributed by atoms with Crippen molar-refractivity contribution in [2.45, 2.75) is 12.8 Å². The molecule has 1 aromatic heterocycles. The van der Waals surface area contributed by atoms with Gasteiger partial charge in [0.2, 0.25) is 0 Å². The van der Waals surface area contributed by atoms with Crippen LogP contribution in [0.25, 0.3) is 11.0 Å². The number of fused-ring (bicyclic) bond motifs is 1. The van der Waals surface area contributed by atoms with Gasteiger partial charge in [-0.15, -0.1) is 0 Å². The lowest BCUT2D eigenvalue weighted by Crippen LogP contribution is -2.05. The molecule has 0 saturated heterocycles. The molecule has 4 aromatic rings. The molecule has 0 amide bonds. The van der Waals surface area contributed by atoms with Gasteiger partial charge in [0.1, 0.15) is 0 Å². The van der Waals surface area contributed by atoms with E-state index < -0.39 is 0 Å². The fourth-order valence-corrected chi connectivity index (χ4v) is 3.69. The highest BCUT2D eigenvalue weighted by Gasteiger charge is 2.11. The van der Waals surface area contributed by atoms with Crippen molar-refractivity contribution in [3.8, 4) is 0 Å². The van der Waals surface area contributed by atoms with E-state index >= 15 is 0 Å². The van der Waals surface area contributed by atoms with Crippen LogP contribution in [-0.2, 0) is 12.8 Å². The maximum Gasteiger partial charge on any atom is 0.0911 e. The molecule has 0 aliphatic carbocycles. The second-order valence-electron chi connectivity index (χ2n) is 6.68. The van der Waals surface area contributed by atoms with Gasteiger partial charge in [0.25, 0.3) is 0 Å². The van der Waals surface area contributed by atoms with E-state index in [9.17, 15) is 0 Å². The molecule has 0 bridgehead atoms. The molecule has 1 N–H and O–H groups in total. The van der Waals surface area contributed by atoms with E-state index in [1.807, 2.05) is 19.2 Å². The molecule has 3 nitrogen and oxygen atoms in total. The topological polar surface area (TPSA) is 37.8 Å². The molecule has 28 heavy (non-hydrogen) atoms. The van der Waals surface area contributed by atoms with Crippen LogP contribution in [0.3, 0.4) is 0 Å². The third-order valence-corrected chi connectivity index (χ3v) is 5.74. The number of benzene rings is 3. The third kappa shape index (κ3) is 4.42. The van der Waals surface area contributed by atoms with Gasteiger partial charge in [0.05, 0.1) is 22.4 Å². The smallest absolute Gasteiger partial charge is 0.0911 e. The van der Waals surface area contributed by atoms with Gasteiger partial charge >= 0.3 is 0 Å². The Morgan fingerprint density at radius 3 is 1.68 bits per heavy atom. The van der Waals surface area contributed by atoms with Gasteiger partial charge in [-0.1, -0.05) is 56.1 Å². The number of nitrogens with one attached hydrogen (secondary N) is 1. The van der Waals surface area contributed by atoms with Crippen LogP contribution in [0, 0.1) is 0 Å². The summed E-state index contributed by atoms with van der Waals surface area (Å²) in [5, 5.41) is 3.18. The summed E-state index contributed by atoms with van der Waals surface area (Å²) in [5.74, 6) is 0. The number of rotatable bonds is 5. The number of nitrogens with zero attached hydrogens (tertiary/aromatic N) is 2. The summed E-state index contributed by atoms with van der Waals surface area (Å²) in [5.41, 5.74) is 7.36. The number of aromatic nitrogens is 2. The Labute approximate surface area is 181 Å². The quantitative estimate of drug-likeness (QED) is 0.348. The molecule has 1 heterocycles. The van der Waals surface area contributed by atoms with Gasteiger partial charge in [-0.05, 0) is 53.6 Å². The lowest BCUT2D eigenvalue weighted by Gasteiger charge is -2.12. The molecular weight excluding hydrogens is 478 g/mol. The highest BCUT2D eigenvalue weighted by atomic mass is 79.9. The van der Waals surface area contributed by atoms with Crippen LogP contribution in [0.2, 0.25) is 0 Å². The maximum absolute atomic E-state index is 4.99. The minimum Gasteiger partial charge on any atom is -0.388 e. The zero-order valence-corrected chi connectivity index (χ0v) is 18.6. The molecule has 0 saturated carbocycles. The van der Waals surface area contributed by atoms with Gasteiger partial charge in [0, 0.05) is 34.5 Å². The first-order chi connectivity index (χ1) is 13.6. The Kier molecular flexibility index (Phi) is 5.74. The predicted octanol–water partition coefficient (Wildman–Crippen LogP) is 6.38. The van der Waals surface area contributed by atoms with E-state index in [-0.39, 0.29) is 0 Å². The van der Waals surface area contributed by atoms with Gasteiger partial charge in [-0.25, -0.2) is 9.97 Å². The number of anilines is 1. The molecule has 0 unspecified atom stereocenters. The van der Waals surface area contributed by atoms with Crippen molar-refractivity contribution in [2.75, 3.05) is 12.4 Å². The lowest BCUT2D eigenvalue weighted by atomic mass is 10.0. The fraction of sp³-hybridized carbons (Fsp3) is 0.130. The van der Waals surface area contributed by atoms with E-state index in [2.05, 4.69) is 91.8 Å². The molecule has 0 spiro atoms. The number of hydrogen-bond donors (Lipinski definition) is 1. The monoisotopic (exact) mass is 495 g/mol. The van der Waals surface area contributed by atoms with Crippen molar-refractivity contribution >= 4 is 48.6 Å². The molecule has 3 aromatic carbocycles. The molecule has 0 radical (unpaired) electrons. The van der Waals surface area contributed by atoms with E-state index in [1.54, 1.807) is 0 Å². The zero-order chi connectivity index (χ0) is 19.5. The minimum atomic E-state index is 0.756. The molecule has 0 fully saturated rings. The summed E-state index contributed by atoms with van der Waals surface area (Å²) in [6.07, 6.45) is 1.52. The Morgan fingerprint density at radius 1 is 0.679 bits per heavy atom. The first-order valence-electron chi connectivity index (χ1n) is 9.07. The van der Waals surface area contributed by atoms with Crippen molar-refractivity contribution in [1.29, 1.82) is 0 Å². The summed E-state index contributed by atoms with van der Waals surface area (Å²) in [4.78, 5) is 9.96. The largest absolute Gasteiger partial charge is 0.388 e. The van der Waals surface area contributed by atoms with Crippen molar-refractivity contribution in [3.63, 3.8) is 0 Å². The number of halogens is 2. The van der Waals surface area contributed by atoms with Crippen molar-refractivity contribution in [2.24, 2.45) is 0 Å². The van der Waals surface area contributed by atoms with E-state index in [0.717, 1.165) is 49.9 Å². The SMILES string of the molecule is CNc1ccc2nc(Cc3ccc(Br)cc3)c(Cc3ccc(Br)cc3)nc2c1. The first kappa shape index (κ1) is 19.1. The predicted molar refractivity (Wildman–Crippen MR) is 123 cm³/mol. The molecular formula is C23H19Br2N3. The summed E-state index contributed by atoms with van der Waals surface area (Å²) < 4.78 is 2.16. The summed E-state index contributed by atoms with van der Waals surface area (Å²) in [6, 6.07) is 22.9. The van der Waals surface area contributed by atoms with Gasteiger partial charge < -0.3 is 5.32 Å². The highest BCUT2D eigenvalue weighted by molar-refractivity contribution is 9.10. The lowest BCUT2D eigenvalue weighted by molar-refractivity contribution is 0.968. The molecule has 0 aliphatic heterocycles. The highest BCUT2D eigenvalue weighted by Crippen LogP contribution is 2.23. The Balaban J connectivity index is 1.77. The van der Waals surface area contributed by atoms with Crippen LogP contribution < -0.4 is 5.32 Å². The molecule has 5 heteroatoms. The normalized spacial score (nSPS) is 11.0. The van der Waals surface area contributed by atoms with Gasteiger partial charge in [0.15, 0.2) is 0 Å². The van der Waals surface area contributed by atoms with Crippen molar-refractivity contribution in [3.05, 3.63) is 98.2 Å². The van der Waals surface area contributed by atoms with E-state index in [1.165, 1.54) is 11.1 Å². The van der Waals surface area contributed by atoms with E-state index in [4.69, 9.17) is 9.97 Å². The van der Waals surface area contributed by atoms with Crippen LogP contribution in [0.1, 0.15) is 22.5 Å². The molecule has 0 aliphatic rings. The zero-order valence-electron chi connectivity index (χ0n) is 15.4. The van der Waals surface area contributed by atoms with Crippen molar-refractivity contribution < 1.29 is 0 Å². The van der Waals surface area contributed by atoms with Crippen LogP contribution in [0.4, 0.5) is 5.69 Å². The summed E-state index contributed by atoms with van der Waals surface area (Å²) >= 11 is 7.01. The average Bonchev–Trinajstić information content (AvgIpc) is 2.71. The third-order valence-electron chi connectivity index (χ3n) is 4.68. The van der Waals surface area contributed by atoms with Crippen LogP contribution >= 0.6 is 31.9 Å². The molecule has 140 valence electrons. The second kappa shape index (κ2) is 8.41. The van der Waals surface area contributed by atoms with Gasteiger partial charge in [-0.2, -0.15) is 0 Å². The first-order valence-corrected chi connectivity index (χ1v) is 10.7. The van der Waals surface area contributed by atoms with Crippen LogP contribution in [0.15, 0.2) is 75.7 Å². The van der Waals surface area contributed by atoms with Crippen LogP contribution in [-0.4, -0.2) is 17.0 Å². The molecule has 0 atom stereocenters. The summed E-state index contributed by atoms with van der Waals surface area (Å²) in [7, 11) is 1.92. The second-order valence-corrected chi connectivity index (χ2v) is 8.51. The fourth-order valence-electron chi connectivity index (χ4n) is 3.16.